The van der Waals surface area contributed by atoms with E-state index in [0.717, 1.165) is 11.3 Å². The van der Waals surface area contributed by atoms with Crippen LogP contribution in [0.5, 0.6) is 0 Å². The van der Waals surface area contributed by atoms with Crippen LogP contribution in [0.25, 0.3) is 0 Å². The summed E-state index contributed by atoms with van der Waals surface area (Å²) in [7, 11) is -3.31. The van der Waals surface area contributed by atoms with Crippen molar-refractivity contribution in [1.29, 1.82) is 0 Å². The van der Waals surface area contributed by atoms with Gasteiger partial charge in [-0.05, 0) is 13.8 Å². The van der Waals surface area contributed by atoms with Crippen molar-refractivity contribution in [2.45, 2.75) is 19.9 Å². The van der Waals surface area contributed by atoms with Crippen molar-refractivity contribution in [3.63, 3.8) is 0 Å². The topological polar surface area (TPSA) is 96.4 Å². The van der Waals surface area contributed by atoms with E-state index in [9.17, 15) is 13.2 Å². The Hall–Kier alpha value is -0.990. The summed E-state index contributed by atoms with van der Waals surface area (Å²) in [5, 5.41) is 10.5. The molecule has 16 heavy (non-hydrogen) atoms. The Morgan fingerprint density at radius 1 is 1.69 bits per heavy atom. The highest BCUT2D eigenvalue weighted by atomic mass is 32.2. The van der Waals surface area contributed by atoms with Gasteiger partial charge in [0.1, 0.15) is 5.01 Å². The molecule has 0 aliphatic rings. The van der Waals surface area contributed by atoms with Crippen molar-refractivity contribution in [3.05, 3.63) is 16.1 Å². The fourth-order valence-corrected chi connectivity index (χ4v) is 2.68. The first-order valence-electron chi connectivity index (χ1n) is 4.54. The quantitative estimate of drug-likeness (QED) is 0.821. The van der Waals surface area contributed by atoms with Gasteiger partial charge in [-0.1, -0.05) is 0 Å². The smallest absolute Gasteiger partial charge is 0.355 e. The number of aromatic nitrogens is 1. The number of nitrogens with zero attached hydrogens (tertiary/aromatic N) is 1. The van der Waals surface area contributed by atoms with Crippen LogP contribution in [-0.2, 0) is 10.0 Å². The Morgan fingerprint density at radius 3 is 2.75 bits per heavy atom. The Kier molecular flexibility index (Phi) is 4.00. The lowest BCUT2D eigenvalue weighted by molar-refractivity contribution is 0.0691. The van der Waals surface area contributed by atoms with Gasteiger partial charge in [-0.15, -0.1) is 11.3 Å². The number of carboxylic acids is 1. The second kappa shape index (κ2) is 4.89. The summed E-state index contributed by atoms with van der Waals surface area (Å²) in [6, 6.07) is -0.511. The van der Waals surface area contributed by atoms with Crippen LogP contribution in [0.3, 0.4) is 0 Å². The van der Waals surface area contributed by atoms with Crippen LogP contribution >= 0.6 is 11.3 Å². The maximum absolute atomic E-state index is 11.3. The van der Waals surface area contributed by atoms with Crippen LogP contribution in [0.1, 0.15) is 35.4 Å². The number of hydrogen-bond acceptors (Lipinski definition) is 5. The minimum Gasteiger partial charge on any atom is -0.476 e. The summed E-state index contributed by atoms with van der Waals surface area (Å²) < 4.78 is 24.9. The number of thiazole rings is 1. The molecule has 8 heteroatoms. The molecule has 0 spiro atoms. The van der Waals surface area contributed by atoms with Crippen LogP contribution in [0.2, 0.25) is 0 Å². The first kappa shape index (κ1) is 13.1. The number of hydrogen-bond donors (Lipinski definition) is 2. The van der Waals surface area contributed by atoms with Gasteiger partial charge in [-0.3, -0.25) is 0 Å². The van der Waals surface area contributed by atoms with E-state index in [1.54, 1.807) is 6.92 Å². The van der Waals surface area contributed by atoms with E-state index in [2.05, 4.69) is 9.71 Å². The van der Waals surface area contributed by atoms with Crippen molar-refractivity contribution in [3.8, 4) is 0 Å². The van der Waals surface area contributed by atoms with Gasteiger partial charge in [-0.2, -0.15) is 0 Å². The summed E-state index contributed by atoms with van der Waals surface area (Å²) in [6.07, 6.45) is 0. The number of rotatable bonds is 5. The van der Waals surface area contributed by atoms with E-state index in [0.29, 0.717) is 5.01 Å². The van der Waals surface area contributed by atoms with E-state index >= 15 is 0 Å². The van der Waals surface area contributed by atoms with Crippen LogP contribution in [0.15, 0.2) is 5.38 Å². The van der Waals surface area contributed by atoms with E-state index < -0.39 is 22.0 Å². The molecule has 0 fully saturated rings. The molecule has 0 saturated heterocycles. The third kappa shape index (κ3) is 3.26. The maximum atomic E-state index is 11.3. The fraction of sp³-hybridized carbons (Fsp3) is 0.500. The normalized spacial score (nSPS) is 13.6. The molecule has 0 radical (unpaired) electrons. The SMILES string of the molecule is CCS(=O)(=O)NC(C)c1nc(C(=O)O)cs1. The lowest BCUT2D eigenvalue weighted by atomic mass is 10.4. The second-order valence-electron chi connectivity index (χ2n) is 3.12. The third-order valence-corrected chi connectivity index (χ3v) is 4.35. The zero-order valence-electron chi connectivity index (χ0n) is 8.80. The lowest BCUT2D eigenvalue weighted by Crippen LogP contribution is -2.28. The highest BCUT2D eigenvalue weighted by Gasteiger charge is 2.18. The first-order valence-corrected chi connectivity index (χ1v) is 7.07. The van der Waals surface area contributed by atoms with Gasteiger partial charge in [0, 0.05) is 5.38 Å². The summed E-state index contributed by atoms with van der Waals surface area (Å²) in [4.78, 5) is 14.4. The molecule has 1 atom stereocenters. The van der Waals surface area contributed by atoms with E-state index in [-0.39, 0.29) is 11.4 Å². The van der Waals surface area contributed by atoms with Crippen LogP contribution in [-0.4, -0.2) is 30.2 Å². The molecule has 0 amide bonds. The van der Waals surface area contributed by atoms with Crippen molar-refractivity contribution in [2.24, 2.45) is 0 Å². The van der Waals surface area contributed by atoms with E-state index in [1.165, 1.54) is 12.3 Å². The minimum absolute atomic E-state index is 0.0193. The summed E-state index contributed by atoms with van der Waals surface area (Å²) >= 11 is 1.12. The Balaban J connectivity index is 2.81. The third-order valence-electron chi connectivity index (χ3n) is 1.85. The molecule has 6 nitrogen and oxygen atoms in total. The second-order valence-corrected chi connectivity index (χ2v) is 6.05. The van der Waals surface area contributed by atoms with Crippen molar-refractivity contribution < 1.29 is 18.3 Å². The maximum Gasteiger partial charge on any atom is 0.355 e. The molecule has 90 valence electrons. The summed E-state index contributed by atoms with van der Waals surface area (Å²) in [5.41, 5.74) is -0.0671. The molecule has 1 aromatic rings. The summed E-state index contributed by atoms with van der Waals surface area (Å²) in [6.45, 7) is 3.15. The molecule has 0 aromatic carbocycles. The standard InChI is InChI=1S/C8H12N2O4S2/c1-3-16(13,14)10-5(2)7-9-6(4-15-7)8(11)12/h4-5,10H,3H2,1-2H3,(H,11,12). The molecule has 1 rings (SSSR count). The number of sulfonamides is 1. The molecule has 0 aliphatic carbocycles. The van der Waals surface area contributed by atoms with Gasteiger partial charge in [0.05, 0.1) is 11.8 Å². The van der Waals surface area contributed by atoms with Gasteiger partial charge >= 0.3 is 5.97 Å². The predicted octanol–water partition coefficient (Wildman–Crippen LogP) is 0.842. The highest BCUT2D eigenvalue weighted by molar-refractivity contribution is 7.89. The average molecular weight is 264 g/mol. The number of nitrogens with one attached hydrogen (secondary N) is 1. The lowest BCUT2D eigenvalue weighted by Gasteiger charge is -2.09. The van der Waals surface area contributed by atoms with Crippen LogP contribution in [0.4, 0.5) is 0 Å². The summed E-state index contributed by atoms with van der Waals surface area (Å²) in [5.74, 6) is -1.14. The minimum atomic E-state index is -3.31. The Bertz CT molecular complexity index is 480. The molecule has 0 saturated carbocycles. The molecule has 1 heterocycles. The van der Waals surface area contributed by atoms with Crippen LogP contribution in [0, 0.1) is 0 Å². The Morgan fingerprint density at radius 2 is 2.31 bits per heavy atom. The molecule has 1 unspecified atom stereocenters. The Labute approximate surface area is 97.4 Å². The fourth-order valence-electron chi connectivity index (χ4n) is 0.988. The molecular weight excluding hydrogens is 252 g/mol. The van der Waals surface area contributed by atoms with Crippen LogP contribution < -0.4 is 4.72 Å². The largest absolute Gasteiger partial charge is 0.476 e. The molecule has 1 aromatic heterocycles. The molecular formula is C8H12N2O4S2. The van der Waals surface area contributed by atoms with Crippen molar-refractivity contribution >= 4 is 27.3 Å². The van der Waals surface area contributed by atoms with E-state index in [4.69, 9.17) is 5.11 Å². The van der Waals surface area contributed by atoms with E-state index in [1.807, 2.05) is 0 Å². The van der Waals surface area contributed by atoms with Gasteiger partial charge in [-0.25, -0.2) is 22.9 Å². The molecule has 0 bridgehead atoms. The first-order chi connectivity index (χ1) is 7.35. The zero-order chi connectivity index (χ0) is 12.3. The van der Waals surface area contributed by atoms with Crippen molar-refractivity contribution in [2.75, 3.05) is 5.75 Å². The van der Waals surface area contributed by atoms with Crippen molar-refractivity contribution in [1.82, 2.24) is 9.71 Å². The number of aromatic carboxylic acids is 1. The predicted molar refractivity (Wildman–Crippen MR) is 60.1 cm³/mol. The van der Waals surface area contributed by atoms with Gasteiger partial charge < -0.3 is 5.11 Å². The molecule has 0 aliphatic heterocycles. The van der Waals surface area contributed by atoms with Gasteiger partial charge in [0.2, 0.25) is 10.0 Å². The molecule has 2 N–H and O–H groups in total. The average Bonchev–Trinajstić information content (AvgIpc) is 2.66. The monoisotopic (exact) mass is 264 g/mol. The number of carboxylic acid groups (broad SMARTS) is 1. The zero-order valence-corrected chi connectivity index (χ0v) is 10.4. The van der Waals surface area contributed by atoms with Gasteiger partial charge in [0.15, 0.2) is 5.69 Å². The van der Waals surface area contributed by atoms with Gasteiger partial charge in [0.25, 0.3) is 0 Å². The highest BCUT2D eigenvalue weighted by Crippen LogP contribution is 2.18. The number of carbonyl (C=O) groups is 1.